The number of nitrogens with one attached hydrogen (secondary N) is 1. The molecular formula is C27H25Cl2F3N2O3. The lowest BCUT2D eigenvalue weighted by molar-refractivity contribution is -0.138. The number of rotatable bonds is 4. The number of amides is 1. The third kappa shape index (κ3) is 5.87. The molecule has 0 spiro atoms. The molecule has 0 aliphatic carbocycles. The standard InChI is InChI=1S/C27H25Cl2F3N2O3/c1-25(2)13-21(33-24(35)26(3,4)36)19-12-17(14-5-7-15(28)8-6-14)22(34-23(19)37-25)18-11-16(29)9-10-20(18)27(30,31)32/h5-12,21,36H,13H2,1-4H3,(H,33,35). The lowest BCUT2D eigenvalue weighted by Gasteiger charge is -2.38. The first-order valence-corrected chi connectivity index (χ1v) is 12.2. The fraction of sp³-hybridized carbons (Fsp3) is 0.333. The number of pyridine rings is 1. The molecule has 0 bridgehead atoms. The van der Waals surface area contributed by atoms with Crippen molar-refractivity contribution in [1.82, 2.24) is 10.3 Å². The Balaban J connectivity index is 2.00. The summed E-state index contributed by atoms with van der Waals surface area (Å²) in [6.45, 7) is 6.31. The van der Waals surface area contributed by atoms with Gasteiger partial charge in [0.25, 0.3) is 5.91 Å². The average Bonchev–Trinajstić information content (AvgIpc) is 2.76. The number of carbonyl (C=O) groups is 1. The minimum Gasteiger partial charge on any atom is -0.471 e. The zero-order chi connectivity index (χ0) is 27.3. The third-order valence-corrected chi connectivity index (χ3v) is 6.50. The van der Waals surface area contributed by atoms with E-state index in [0.717, 1.165) is 6.07 Å². The van der Waals surface area contributed by atoms with Crippen LogP contribution in [-0.2, 0) is 11.0 Å². The second kappa shape index (κ2) is 9.49. The van der Waals surface area contributed by atoms with Gasteiger partial charge in [-0.25, -0.2) is 4.98 Å². The summed E-state index contributed by atoms with van der Waals surface area (Å²) in [7, 11) is 0. The Morgan fingerprint density at radius 2 is 1.68 bits per heavy atom. The number of aromatic nitrogens is 1. The molecule has 1 aliphatic rings. The number of hydrogen-bond acceptors (Lipinski definition) is 4. The summed E-state index contributed by atoms with van der Waals surface area (Å²) < 4.78 is 48.2. The van der Waals surface area contributed by atoms with Gasteiger partial charge in [-0.1, -0.05) is 35.3 Å². The van der Waals surface area contributed by atoms with Crippen molar-refractivity contribution in [3.63, 3.8) is 0 Å². The highest BCUT2D eigenvalue weighted by Crippen LogP contribution is 2.46. The van der Waals surface area contributed by atoms with Gasteiger partial charge in [-0.05, 0) is 69.7 Å². The van der Waals surface area contributed by atoms with E-state index >= 15 is 0 Å². The Hall–Kier alpha value is -2.81. The van der Waals surface area contributed by atoms with Crippen LogP contribution in [0, 0.1) is 0 Å². The van der Waals surface area contributed by atoms with Crippen LogP contribution in [0.1, 0.15) is 51.3 Å². The molecule has 4 rings (SSSR count). The topological polar surface area (TPSA) is 71.5 Å². The highest BCUT2D eigenvalue weighted by molar-refractivity contribution is 6.31. The molecule has 0 radical (unpaired) electrons. The van der Waals surface area contributed by atoms with E-state index in [1.807, 2.05) is 0 Å². The van der Waals surface area contributed by atoms with Gasteiger partial charge in [-0.3, -0.25) is 4.79 Å². The number of alkyl halides is 3. The fourth-order valence-electron chi connectivity index (χ4n) is 4.23. The van der Waals surface area contributed by atoms with Gasteiger partial charge >= 0.3 is 6.18 Å². The molecule has 10 heteroatoms. The Morgan fingerprint density at radius 1 is 1.05 bits per heavy atom. The number of halogens is 5. The van der Waals surface area contributed by atoms with Crippen LogP contribution in [0.3, 0.4) is 0 Å². The van der Waals surface area contributed by atoms with Gasteiger partial charge in [0.15, 0.2) is 0 Å². The van der Waals surface area contributed by atoms with E-state index in [1.54, 1.807) is 44.2 Å². The fourth-order valence-corrected chi connectivity index (χ4v) is 4.52. The summed E-state index contributed by atoms with van der Waals surface area (Å²) >= 11 is 12.2. The number of hydrogen-bond donors (Lipinski definition) is 2. The highest BCUT2D eigenvalue weighted by atomic mass is 35.5. The Labute approximate surface area is 222 Å². The number of aliphatic hydroxyl groups is 1. The molecule has 1 amide bonds. The molecule has 1 unspecified atom stereocenters. The van der Waals surface area contributed by atoms with Gasteiger partial charge in [0, 0.05) is 33.2 Å². The zero-order valence-corrected chi connectivity index (χ0v) is 22.0. The molecule has 5 nitrogen and oxygen atoms in total. The number of benzene rings is 2. The van der Waals surface area contributed by atoms with Crippen LogP contribution in [0.4, 0.5) is 13.2 Å². The molecule has 0 saturated heterocycles. The summed E-state index contributed by atoms with van der Waals surface area (Å²) in [6.07, 6.45) is -4.33. The Morgan fingerprint density at radius 3 is 2.27 bits per heavy atom. The zero-order valence-electron chi connectivity index (χ0n) is 20.5. The number of nitrogens with zero attached hydrogens (tertiary/aromatic N) is 1. The maximum Gasteiger partial charge on any atom is 0.417 e. The van der Waals surface area contributed by atoms with E-state index in [4.69, 9.17) is 27.9 Å². The van der Waals surface area contributed by atoms with Crippen molar-refractivity contribution in [2.45, 2.75) is 57.5 Å². The smallest absolute Gasteiger partial charge is 0.417 e. The average molecular weight is 553 g/mol. The quantitative estimate of drug-likeness (QED) is 0.358. The molecule has 0 fully saturated rings. The predicted molar refractivity (Wildman–Crippen MR) is 137 cm³/mol. The van der Waals surface area contributed by atoms with Crippen molar-refractivity contribution in [3.05, 3.63) is 69.7 Å². The summed E-state index contributed by atoms with van der Waals surface area (Å²) in [4.78, 5) is 17.2. The molecule has 1 atom stereocenters. The molecule has 2 heterocycles. The molecule has 2 N–H and O–H groups in total. The van der Waals surface area contributed by atoms with Crippen LogP contribution < -0.4 is 10.1 Å². The van der Waals surface area contributed by atoms with Crippen LogP contribution in [0.25, 0.3) is 22.4 Å². The first kappa shape index (κ1) is 27.2. The van der Waals surface area contributed by atoms with Crippen molar-refractivity contribution in [2.24, 2.45) is 0 Å². The van der Waals surface area contributed by atoms with Gasteiger partial charge in [0.1, 0.15) is 11.2 Å². The SMILES string of the molecule is CC1(C)CC(NC(=O)C(C)(C)O)c2cc(-c3ccc(Cl)cc3)c(-c3cc(Cl)ccc3C(F)(F)F)nc2O1. The molecular weight excluding hydrogens is 528 g/mol. The molecule has 0 saturated carbocycles. The Kier molecular flexibility index (Phi) is 6.99. The molecule has 2 aromatic carbocycles. The minimum atomic E-state index is -4.67. The normalized spacial score (nSPS) is 17.1. The van der Waals surface area contributed by atoms with Crippen LogP contribution in [0.15, 0.2) is 48.5 Å². The lowest BCUT2D eigenvalue weighted by Crippen LogP contribution is -2.47. The van der Waals surface area contributed by atoms with Crippen molar-refractivity contribution in [3.8, 4) is 28.3 Å². The van der Waals surface area contributed by atoms with Gasteiger partial charge in [0.2, 0.25) is 5.88 Å². The number of ether oxygens (including phenoxy) is 1. The summed E-state index contributed by atoms with van der Waals surface area (Å²) in [6, 6.07) is 10.9. The number of carbonyl (C=O) groups excluding carboxylic acids is 1. The van der Waals surface area contributed by atoms with E-state index in [2.05, 4.69) is 10.3 Å². The van der Waals surface area contributed by atoms with E-state index < -0.39 is 34.9 Å². The monoisotopic (exact) mass is 552 g/mol. The third-order valence-electron chi connectivity index (χ3n) is 6.02. The van der Waals surface area contributed by atoms with E-state index in [-0.39, 0.29) is 22.2 Å². The molecule has 3 aromatic rings. The van der Waals surface area contributed by atoms with Gasteiger partial charge in [-0.15, -0.1) is 0 Å². The molecule has 1 aliphatic heterocycles. The van der Waals surface area contributed by atoms with E-state index in [0.29, 0.717) is 28.1 Å². The Bertz CT molecular complexity index is 1350. The predicted octanol–water partition coefficient (Wildman–Crippen LogP) is 7.23. The first-order valence-electron chi connectivity index (χ1n) is 11.5. The largest absolute Gasteiger partial charge is 0.471 e. The maximum absolute atomic E-state index is 14.0. The van der Waals surface area contributed by atoms with Crippen molar-refractivity contribution in [2.75, 3.05) is 0 Å². The first-order chi connectivity index (χ1) is 17.0. The van der Waals surface area contributed by atoms with Crippen LogP contribution in [0.2, 0.25) is 10.0 Å². The van der Waals surface area contributed by atoms with Crippen molar-refractivity contribution in [1.29, 1.82) is 0 Å². The van der Waals surface area contributed by atoms with Gasteiger partial charge < -0.3 is 15.2 Å². The lowest BCUT2D eigenvalue weighted by atomic mass is 9.87. The maximum atomic E-state index is 14.0. The highest BCUT2D eigenvalue weighted by Gasteiger charge is 2.40. The van der Waals surface area contributed by atoms with Gasteiger partial charge in [-0.2, -0.15) is 13.2 Å². The van der Waals surface area contributed by atoms with Crippen molar-refractivity contribution < 1.29 is 27.8 Å². The second-order valence-corrected chi connectivity index (χ2v) is 11.0. The molecule has 1 aromatic heterocycles. The minimum absolute atomic E-state index is 0.0150. The van der Waals surface area contributed by atoms with E-state index in [9.17, 15) is 23.1 Å². The summed E-state index contributed by atoms with van der Waals surface area (Å²) in [5, 5.41) is 13.6. The van der Waals surface area contributed by atoms with Crippen LogP contribution in [0.5, 0.6) is 5.88 Å². The molecule has 37 heavy (non-hydrogen) atoms. The van der Waals surface area contributed by atoms with Gasteiger partial charge in [0.05, 0.1) is 17.3 Å². The van der Waals surface area contributed by atoms with E-state index in [1.165, 1.54) is 26.0 Å². The number of fused-ring (bicyclic) bond motifs is 1. The van der Waals surface area contributed by atoms with Crippen LogP contribution in [-0.4, -0.2) is 27.2 Å². The summed E-state index contributed by atoms with van der Waals surface area (Å²) in [5.41, 5.74) is -2.15. The second-order valence-electron chi connectivity index (χ2n) is 10.1. The summed E-state index contributed by atoms with van der Waals surface area (Å²) in [5.74, 6) is -0.523. The molecule has 196 valence electrons. The van der Waals surface area contributed by atoms with Crippen molar-refractivity contribution >= 4 is 29.1 Å². The van der Waals surface area contributed by atoms with Crippen LogP contribution >= 0.6 is 23.2 Å².